The van der Waals surface area contributed by atoms with Gasteiger partial charge in [-0.3, -0.25) is 4.90 Å². The van der Waals surface area contributed by atoms with Gasteiger partial charge in [-0.05, 0) is 24.6 Å². The number of hydrogen-bond acceptors (Lipinski definition) is 5. The highest BCUT2D eigenvalue weighted by Gasteiger charge is 2.10. The van der Waals surface area contributed by atoms with Gasteiger partial charge in [-0.2, -0.15) is 0 Å². The minimum Gasteiger partial charge on any atom is -0.493 e. The van der Waals surface area contributed by atoms with E-state index >= 15 is 0 Å². The van der Waals surface area contributed by atoms with Crippen molar-refractivity contribution in [1.82, 2.24) is 4.90 Å². The summed E-state index contributed by atoms with van der Waals surface area (Å²) in [5, 5.41) is 11.1. The minimum atomic E-state index is -2.67. The fraction of sp³-hybridized carbons (Fsp3) is 0.571. The van der Waals surface area contributed by atoms with Crippen LogP contribution < -0.4 is 4.74 Å². The molecule has 1 fully saturated rings. The summed E-state index contributed by atoms with van der Waals surface area (Å²) >= 11 is 0. The zero-order chi connectivity index (χ0) is 15.1. The Kier molecular flexibility index (Phi) is 6.44. The average molecular weight is 314 g/mol. The summed E-state index contributed by atoms with van der Waals surface area (Å²) < 4.78 is 32.7. The molecule has 1 heterocycles. The maximum absolute atomic E-state index is 11.1. The summed E-state index contributed by atoms with van der Waals surface area (Å²) in [6.07, 6.45) is 0.857. The quantitative estimate of drug-likeness (QED) is 0.592. The van der Waals surface area contributed by atoms with Crippen LogP contribution in [0.4, 0.5) is 0 Å². The van der Waals surface area contributed by atoms with Crippen molar-refractivity contribution < 1.29 is 23.0 Å². The maximum Gasteiger partial charge on any atom is 0.168 e. The standard InChI is InChI=1S/C14H20NO5S/c16-11-12-10-13(21(17)18)2-3-14(12)20-7-1-4-15-5-8-19-9-6-15/h2-3,10,21H,1,4-9,11H2. The molecule has 0 saturated carbocycles. The van der Waals surface area contributed by atoms with Crippen molar-refractivity contribution in [1.29, 1.82) is 0 Å². The van der Waals surface area contributed by atoms with Gasteiger partial charge >= 0.3 is 0 Å². The first-order valence-corrected chi connectivity index (χ1v) is 8.17. The molecule has 1 aliphatic heterocycles. The van der Waals surface area contributed by atoms with Crippen LogP contribution in [0.3, 0.4) is 0 Å². The summed E-state index contributed by atoms with van der Waals surface area (Å²) in [7, 11) is -2.67. The lowest BCUT2D eigenvalue weighted by Crippen LogP contribution is -2.37. The summed E-state index contributed by atoms with van der Waals surface area (Å²) in [6, 6.07) is 4.40. The van der Waals surface area contributed by atoms with E-state index in [9.17, 15) is 13.5 Å². The van der Waals surface area contributed by atoms with Crippen molar-refractivity contribution in [3.8, 4) is 5.75 Å². The molecule has 1 aromatic carbocycles. The van der Waals surface area contributed by atoms with E-state index in [1.54, 1.807) is 6.07 Å². The summed E-state index contributed by atoms with van der Waals surface area (Å²) in [5.41, 5.74) is 0.387. The Labute approximate surface area is 126 Å². The SMILES string of the molecule is [O]Cc1cc([SH](=O)=O)ccc1OCCCN1CCOCC1. The first-order valence-electron chi connectivity index (χ1n) is 6.99. The highest BCUT2D eigenvalue weighted by Crippen LogP contribution is 2.21. The number of rotatable bonds is 7. The molecule has 21 heavy (non-hydrogen) atoms. The molecule has 0 atom stereocenters. The molecule has 7 heteroatoms. The Hall–Kier alpha value is -1.15. The van der Waals surface area contributed by atoms with E-state index < -0.39 is 17.3 Å². The van der Waals surface area contributed by atoms with Crippen LogP contribution in [0.15, 0.2) is 23.1 Å². The van der Waals surface area contributed by atoms with Crippen molar-refractivity contribution >= 4 is 10.7 Å². The Balaban J connectivity index is 1.82. The fourth-order valence-electron chi connectivity index (χ4n) is 2.23. The molecule has 0 bridgehead atoms. The summed E-state index contributed by atoms with van der Waals surface area (Å²) in [4.78, 5) is 2.46. The molecular formula is C14H20NO5S. The van der Waals surface area contributed by atoms with Gasteiger partial charge in [0.2, 0.25) is 0 Å². The van der Waals surface area contributed by atoms with Crippen LogP contribution in [0.1, 0.15) is 12.0 Å². The normalized spacial score (nSPS) is 16.3. The Bertz CT molecular complexity index is 518. The van der Waals surface area contributed by atoms with Crippen LogP contribution in [0, 0.1) is 0 Å². The van der Waals surface area contributed by atoms with Crippen LogP contribution in [-0.4, -0.2) is 52.8 Å². The van der Waals surface area contributed by atoms with Gasteiger partial charge in [-0.15, -0.1) is 0 Å². The molecule has 0 spiro atoms. The van der Waals surface area contributed by atoms with E-state index in [0.717, 1.165) is 39.3 Å². The molecule has 1 aromatic rings. The third-order valence-corrected chi connectivity index (χ3v) is 4.09. The number of nitrogens with zero attached hydrogens (tertiary/aromatic N) is 1. The number of benzene rings is 1. The van der Waals surface area contributed by atoms with Gasteiger partial charge in [0, 0.05) is 25.2 Å². The first-order chi connectivity index (χ1) is 10.2. The topological polar surface area (TPSA) is 75.7 Å². The van der Waals surface area contributed by atoms with E-state index in [0.29, 0.717) is 17.9 Å². The number of hydrogen-bond donors (Lipinski definition) is 1. The molecule has 1 saturated heterocycles. The van der Waals surface area contributed by atoms with Crippen LogP contribution in [-0.2, 0) is 27.2 Å². The maximum atomic E-state index is 11.1. The predicted octanol–water partition coefficient (Wildman–Crippen LogP) is 0.688. The number of thiol groups is 1. The predicted molar refractivity (Wildman–Crippen MR) is 76.8 cm³/mol. The summed E-state index contributed by atoms with van der Waals surface area (Å²) in [5.74, 6) is 0.479. The lowest BCUT2D eigenvalue weighted by atomic mass is 10.2. The Morgan fingerprint density at radius 1 is 1.24 bits per heavy atom. The number of ether oxygens (including phenoxy) is 2. The smallest absolute Gasteiger partial charge is 0.168 e. The van der Waals surface area contributed by atoms with E-state index in [-0.39, 0.29) is 4.90 Å². The highest BCUT2D eigenvalue weighted by molar-refractivity contribution is 7.72. The monoisotopic (exact) mass is 314 g/mol. The van der Waals surface area contributed by atoms with Gasteiger partial charge in [-0.1, -0.05) is 0 Å². The highest BCUT2D eigenvalue weighted by atomic mass is 32.2. The van der Waals surface area contributed by atoms with Crippen LogP contribution in [0.25, 0.3) is 0 Å². The van der Waals surface area contributed by atoms with Crippen molar-refractivity contribution in [2.75, 3.05) is 39.5 Å². The van der Waals surface area contributed by atoms with Gasteiger partial charge in [-0.25, -0.2) is 13.5 Å². The molecule has 0 N–H and O–H groups in total. The van der Waals surface area contributed by atoms with E-state index in [1.807, 2.05) is 0 Å². The molecule has 1 aliphatic rings. The van der Waals surface area contributed by atoms with Crippen molar-refractivity contribution in [3.63, 3.8) is 0 Å². The second kappa shape index (κ2) is 8.33. The third-order valence-electron chi connectivity index (χ3n) is 3.39. The van der Waals surface area contributed by atoms with Crippen molar-refractivity contribution in [2.45, 2.75) is 17.9 Å². The second-order valence-corrected chi connectivity index (χ2v) is 5.88. The van der Waals surface area contributed by atoms with Crippen LogP contribution >= 0.6 is 0 Å². The van der Waals surface area contributed by atoms with Gasteiger partial charge in [0.15, 0.2) is 10.7 Å². The molecule has 2 rings (SSSR count). The van der Waals surface area contributed by atoms with Gasteiger partial charge in [0.25, 0.3) is 0 Å². The van der Waals surface area contributed by atoms with Gasteiger partial charge in [0.1, 0.15) is 12.4 Å². The average Bonchev–Trinajstić information content (AvgIpc) is 2.52. The molecule has 0 unspecified atom stereocenters. The summed E-state index contributed by atoms with van der Waals surface area (Å²) in [6.45, 7) is 4.38. The molecule has 6 nitrogen and oxygen atoms in total. The zero-order valence-corrected chi connectivity index (χ0v) is 12.7. The lowest BCUT2D eigenvalue weighted by molar-refractivity contribution is 0.0357. The van der Waals surface area contributed by atoms with Gasteiger partial charge < -0.3 is 9.47 Å². The van der Waals surface area contributed by atoms with Gasteiger partial charge in [0.05, 0.1) is 24.7 Å². The van der Waals surface area contributed by atoms with E-state index in [4.69, 9.17) is 9.47 Å². The molecule has 1 radical (unpaired) electrons. The van der Waals surface area contributed by atoms with E-state index in [1.165, 1.54) is 12.1 Å². The Morgan fingerprint density at radius 3 is 2.67 bits per heavy atom. The largest absolute Gasteiger partial charge is 0.493 e. The third kappa shape index (κ3) is 4.96. The fourth-order valence-corrected chi connectivity index (χ4v) is 2.69. The zero-order valence-electron chi connectivity index (χ0n) is 11.8. The lowest BCUT2D eigenvalue weighted by Gasteiger charge is -2.26. The first kappa shape index (κ1) is 16.2. The molecule has 0 aromatic heterocycles. The Morgan fingerprint density at radius 2 is 2.00 bits per heavy atom. The minimum absolute atomic E-state index is 0.150. The molecular weight excluding hydrogens is 294 g/mol. The molecule has 0 aliphatic carbocycles. The van der Waals surface area contributed by atoms with E-state index in [2.05, 4.69) is 4.90 Å². The second-order valence-electron chi connectivity index (χ2n) is 4.85. The molecule has 117 valence electrons. The van der Waals surface area contributed by atoms with Crippen LogP contribution in [0.2, 0.25) is 0 Å². The molecule has 0 amide bonds. The van der Waals surface area contributed by atoms with Crippen molar-refractivity contribution in [3.05, 3.63) is 23.8 Å². The van der Waals surface area contributed by atoms with Crippen molar-refractivity contribution in [2.24, 2.45) is 0 Å². The van der Waals surface area contributed by atoms with Crippen LogP contribution in [0.5, 0.6) is 5.75 Å². The number of morpholine rings is 1.